The first-order valence-electron chi connectivity index (χ1n) is 9.45. The molecule has 1 atom stereocenters. The number of nitrogens with one attached hydrogen (secondary N) is 2. The summed E-state index contributed by atoms with van der Waals surface area (Å²) in [4.78, 5) is 6.40. The summed E-state index contributed by atoms with van der Waals surface area (Å²) in [6.07, 6.45) is -0.0454. The molecule has 0 radical (unpaired) electrons. The molecule has 0 bridgehead atoms. The Bertz CT molecular complexity index is 796. The molecule has 0 aromatic heterocycles. The number of aliphatic imine (C=N–C) groups is 1. The minimum Gasteiger partial charge on any atom is -0.493 e. The van der Waals surface area contributed by atoms with Crippen LogP contribution < -0.4 is 25.0 Å². The zero-order chi connectivity index (χ0) is 20.5. The summed E-state index contributed by atoms with van der Waals surface area (Å²) >= 11 is 0. The molecule has 0 aliphatic heterocycles. The van der Waals surface area contributed by atoms with E-state index in [1.165, 1.54) is 16.8 Å². The number of hydrogen-bond donors (Lipinski definition) is 2. The van der Waals surface area contributed by atoms with E-state index in [-0.39, 0.29) is 30.1 Å². The number of nitrogens with zero attached hydrogens (tertiary/aromatic N) is 2. The molecule has 160 valence electrons. The predicted molar refractivity (Wildman–Crippen MR) is 132 cm³/mol. The van der Waals surface area contributed by atoms with Gasteiger partial charge in [-0.2, -0.15) is 0 Å². The van der Waals surface area contributed by atoms with Crippen LogP contribution >= 0.6 is 24.0 Å². The van der Waals surface area contributed by atoms with Gasteiger partial charge in [0.2, 0.25) is 0 Å². The molecule has 2 rings (SSSR count). The van der Waals surface area contributed by atoms with E-state index in [2.05, 4.69) is 45.6 Å². The molecule has 0 aliphatic rings. The molecule has 0 aliphatic carbocycles. The van der Waals surface area contributed by atoms with Crippen molar-refractivity contribution in [1.82, 2.24) is 10.6 Å². The van der Waals surface area contributed by atoms with Gasteiger partial charge >= 0.3 is 0 Å². The zero-order valence-corrected chi connectivity index (χ0v) is 20.5. The van der Waals surface area contributed by atoms with E-state index in [0.29, 0.717) is 13.1 Å². The Kier molecular flexibility index (Phi) is 10.6. The highest BCUT2D eigenvalue weighted by molar-refractivity contribution is 14.0. The van der Waals surface area contributed by atoms with Crippen molar-refractivity contribution in [2.45, 2.75) is 26.5 Å². The van der Waals surface area contributed by atoms with Gasteiger partial charge in [0, 0.05) is 33.4 Å². The van der Waals surface area contributed by atoms with Gasteiger partial charge in [0.05, 0.1) is 13.7 Å². The average Bonchev–Trinajstić information content (AvgIpc) is 2.69. The molecule has 2 aromatic rings. The predicted octanol–water partition coefficient (Wildman–Crippen LogP) is 3.82. The lowest BCUT2D eigenvalue weighted by Crippen LogP contribution is -2.41. The van der Waals surface area contributed by atoms with Crippen LogP contribution in [0.5, 0.6) is 11.5 Å². The van der Waals surface area contributed by atoms with Crippen molar-refractivity contribution >= 4 is 35.6 Å². The normalized spacial score (nSPS) is 11.9. The van der Waals surface area contributed by atoms with Crippen LogP contribution in [0.2, 0.25) is 0 Å². The van der Waals surface area contributed by atoms with Gasteiger partial charge in [-0.15, -0.1) is 24.0 Å². The van der Waals surface area contributed by atoms with Crippen LogP contribution in [-0.2, 0) is 6.54 Å². The number of anilines is 1. The quantitative estimate of drug-likeness (QED) is 0.320. The highest BCUT2D eigenvalue weighted by atomic mass is 127. The van der Waals surface area contributed by atoms with Gasteiger partial charge in [0.25, 0.3) is 0 Å². The number of hydrogen-bond acceptors (Lipinski definition) is 4. The second kappa shape index (κ2) is 12.4. The number of para-hydroxylation sites is 2. The fourth-order valence-corrected chi connectivity index (χ4v) is 2.77. The monoisotopic (exact) mass is 512 g/mol. The van der Waals surface area contributed by atoms with Crippen molar-refractivity contribution in [2.24, 2.45) is 4.99 Å². The first-order chi connectivity index (χ1) is 13.4. The summed E-state index contributed by atoms with van der Waals surface area (Å²) < 4.78 is 11.3. The molecule has 0 amide bonds. The number of benzene rings is 2. The first kappa shape index (κ1) is 24.9. The number of aryl methyl sites for hydroxylation is 1. The first-order valence-corrected chi connectivity index (χ1v) is 9.45. The molecule has 0 saturated heterocycles. The topological polar surface area (TPSA) is 58.1 Å². The summed E-state index contributed by atoms with van der Waals surface area (Å²) in [5.74, 6) is 2.21. The van der Waals surface area contributed by atoms with Crippen molar-refractivity contribution in [2.75, 3.05) is 39.7 Å². The third-order valence-electron chi connectivity index (χ3n) is 4.47. The van der Waals surface area contributed by atoms with Crippen LogP contribution in [0, 0.1) is 6.92 Å². The minimum absolute atomic E-state index is 0. The summed E-state index contributed by atoms with van der Waals surface area (Å²) in [5.41, 5.74) is 3.69. The van der Waals surface area contributed by atoms with E-state index in [9.17, 15) is 0 Å². The van der Waals surface area contributed by atoms with E-state index in [4.69, 9.17) is 9.47 Å². The van der Waals surface area contributed by atoms with E-state index in [0.717, 1.165) is 17.5 Å². The van der Waals surface area contributed by atoms with Crippen molar-refractivity contribution in [1.29, 1.82) is 0 Å². The number of methoxy groups -OCH3 is 1. The molecule has 1 unspecified atom stereocenters. The maximum absolute atomic E-state index is 5.97. The largest absolute Gasteiger partial charge is 0.493 e. The molecule has 0 heterocycles. The van der Waals surface area contributed by atoms with Gasteiger partial charge in [-0.1, -0.05) is 18.2 Å². The third kappa shape index (κ3) is 7.64. The molecule has 6 nitrogen and oxygen atoms in total. The van der Waals surface area contributed by atoms with Gasteiger partial charge in [0.15, 0.2) is 17.5 Å². The molecule has 7 heteroatoms. The lowest BCUT2D eigenvalue weighted by Gasteiger charge is -2.19. The smallest absolute Gasteiger partial charge is 0.191 e. The second-order valence-electron chi connectivity index (χ2n) is 6.89. The van der Waals surface area contributed by atoms with Crippen molar-refractivity contribution in [3.8, 4) is 11.5 Å². The summed E-state index contributed by atoms with van der Waals surface area (Å²) in [6, 6.07) is 14.1. The highest BCUT2D eigenvalue weighted by Gasteiger charge is 2.10. The molecular weight excluding hydrogens is 479 g/mol. The molecule has 0 fully saturated rings. The number of ether oxygens (including phenoxy) is 2. The molecular formula is C22H33IN4O2. The SMILES string of the molecule is CN=C(NCc1ccc(N(C)C)cc1C)NCC(C)Oc1ccccc1OC.I. The van der Waals surface area contributed by atoms with E-state index >= 15 is 0 Å². The Hall–Kier alpha value is -2.16. The van der Waals surface area contributed by atoms with Crippen molar-refractivity contribution in [3.05, 3.63) is 53.6 Å². The van der Waals surface area contributed by atoms with Gasteiger partial charge in [-0.3, -0.25) is 4.99 Å². The van der Waals surface area contributed by atoms with Gasteiger partial charge in [0.1, 0.15) is 6.10 Å². The average molecular weight is 512 g/mol. The Morgan fingerprint density at radius 1 is 1.10 bits per heavy atom. The fraction of sp³-hybridized carbons (Fsp3) is 0.409. The minimum atomic E-state index is -0.0454. The van der Waals surface area contributed by atoms with Gasteiger partial charge in [-0.05, 0) is 49.2 Å². The van der Waals surface area contributed by atoms with E-state index in [1.807, 2.05) is 45.3 Å². The molecule has 2 aromatic carbocycles. The van der Waals surface area contributed by atoms with Crippen LogP contribution in [0.25, 0.3) is 0 Å². The van der Waals surface area contributed by atoms with Crippen molar-refractivity contribution in [3.63, 3.8) is 0 Å². The van der Waals surface area contributed by atoms with Crippen LogP contribution in [0.3, 0.4) is 0 Å². The van der Waals surface area contributed by atoms with Crippen LogP contribution in [0.4, 0.5) is 5.69 Å². The number of guanidine groups is 1. The van der Waals surface area contributed by atoms with Gasteiger partial charge in [-0.25, -0.2) is 0 Å². The molecule has 0 spiro atoms. The Labute approximate surface area is 191 Å². The van der Waals surface area contributed by atoms with Crippen LogP contribution in [-0.4, -0.2) is 46.9 Å². The summed E-state index contributed by atoms with van der Waals surface area (Å²) in [7, 11) is 7.51. The summed E-state index contributed by atoms with van der Waals surface area (Å²) in [5, 5.41) is 6.67. The van der Waals surface area contributed by atoms with Crippen LogP contribution in [0.15, 0.2) is 47.5 Å². The lowest BCUT2D eigenvalue weighted by atomic mass is 10.1. The Balaban J connectivity index is 0.00000420. The molecule has 2 N–H and O–H groups in total. The molecule has 0 saturated carbocycles. The van der Waals surface area contributed by atoms with Crippen LogP contribution in [0.1, 0.15) is 18.1 Å². The maximum atomic E-state index is 5.97. The zero-order valence-electron chi connectivity index (χ0n) is 18.2. The van der Waals surface area contributed by atoms with E-state index < -0.39 is 0 Å². The fourth-order valence-electron chi connectivity index (χ4n) is 2.77. The Morgan fingerprint density at radius 3 is 2.38 bits per heavy atom. The maximum Gasteiger partial charge on any atom is 0.191 e. The third-order valence-corrected chi connectivity index (χ3v) is 4.47. The summed E-state index contributed by atoms with van der Waals surface area (Å²) in [6.45, 7) is 5.47. The molecule has 29 heavy (non-hydrogen) atoms. The highest BCUT2D eigenvalue weighted by Crippen LogP contribution is 2.26. The van der Waals surface area contributed by atoms with Gasteiger partial charge < -0.3 is 25.0 Å². The number of rotatable bonds is 8. The standard InChI is InChI=1S/C22H32N4O2.HI/c1-16-13-19(26(4)5)12-11-18(16)15-25-22(23-3)24-14-17(2)28-21-10-8-7-9-20(21)27-6;/h7-13,17H,14-15H2,1-6H3,(H2,23,24,25);1H. The lowest BCUT2D eigenvalue weighted by molar-refractivity contribution is 0.213. The second-order valence-corrected chi connectivity index (χ2v) is 6.89. The van der Waals surface area contributed by atoms with E-state index in [1.54, 1.807) is 14.2 Å². The Morgan fingerprint density at radius 2 is 1.79 bits per heavy atom. The number of halogens is 1. The van der Waals surface area contributed by atoms with Crippen molar-refractivity contribution < 1.29 is 9.47 Å².